The Morgan fingerprint density at radius 1 is 1.33 bits per heavy atom. The van der Waals surface area contributed by atoms with Crippen molar-refractivity contribution >= 4 is 29.9 Å². The van der Waals surface area contributed by atoms with Crippen molar-refractivity contribution in [1.82, 2.24) is 20.0 Å². The quantitative estimate of drug-likeness (QED) is 0.426. The molecule has 2 aromatic rings. The highest BCUT2D eigenvalue weighted by atomic mass is 127. The Kier molecular flexibility index (Phi) is 8.81. The van der Waals surface area contributed by atoms with Crippen LogP contribution >= 0.6 is 24.0 Å². The molecule has 0 saturated heterocycles. The Labute approximate surface area is 162 Å². The van der Waals surface area contributed by atoms with Gasteiger partial charge in [0.25, 0.3) is 0 Å². The first-order chi connectivity index (χ1) is 11.1. The van der Waals surface area contributed by atoms with Crippen molar-refractivity contribution in [3.63, 3.8) is 0 Å². The second-order valence-electron chi connectivity index (χ2n) is 6.10. The van der Waals surface area contributed by atoms with Crippen LogP contribution in [0.25, 0.3) is 0 Å². The summed E-state index contributed by atoms with van der Waals surface area (Å²) in [6.07, 6.45) is 3.81. The van der Waals surface area contributed by atoms with E-state index in [9.17, 15) is 0 Å². The lowest BCUT2D eigenvalue weighted by Crippen LogP contribution is -2.40. The molecule has 1 heterocycles. The van der Waals surface area contributed by atoms with Gasteiger partial charge < -0.3 is 10.2 Å². The minimum absolute atomic E-state index is 0. The number of hydrogen-bond acceptors (Lipinski definition) is 2. The maximum Gasteiger partial charge on any atom is 0.193 e. The van der Waals surface area contributed by atoms with Gasteiger partial charge >= 0.3 is 0 Å². The first-order valence-electron chi connectivity index (χ1n) is 8.03. The molecule has 0 bridgehead atoms. The van der Waals surface area contributed by atoms with E-state index in [1.54, 1.807) is 0 Å². The second kappa shape index (κ2) is 10.3. The van der Waals surface area contributed by atoms with Crippen molar-refractivity contribution < 1.29 is 0 Å². The minimum atomic E-state index is 0. The summed E-state index contributed by atoms with van der Waals surface area (Å²) in [5.41, 5.74) is 2.57. The lowest BCUT2D eigenvalue weighted by Gasteiger charge is -2.23. The van der Waals surface area contributed by atoms with Crippen molar-refractivity contribution in [2.24, 2.45) is 10.9 Å². The summed E-state index contributed by atoms with van der Waals surface area (Å²) in [4.78, 5) is 6.52. The van der Waals surface area contributed by atoms with Gasteiger partial charge in [0.15, 0.2) is 5.96 Å². The Morgan fingerprint density at radius 2 is 2.04 bits per heavy atom. The van der Waals surface area contributed by atoms with Gasteiger partial charge in [-0.2, -0.15) is 5.10 Å². The fourth-order valence-electron chi connectivity index (χ4n) is 2.48. The lowest BCUT2D eigenvalue weighted by molar-refractivity contribution is 0.423. The normalized spacial score (nSPS) is 12.4. The van der Waals surface area contributed by atoms with Crippen LogP contribution in [0.4, 0.5) is 0 Å². The number of guanidine groups is 1. The smallest absolute Gasteiger partial charge is 0.193 e. The van der Waals surface area contributed by atoms with E-state index in [0.717, 1.165) is 25.6 Å². The molecule has 0 spiro atoms. The third-order valence-corrected chi connectivity index (χ3v) is 3.78. The highest BCUT2D eigenvalue weighted by Crippen LogP contribution is 2.06. The second-order valence-corrected chi connectivity index (χ2v) is 6.10. The van der Waals surface area contributed by atoms with Crippen LogP contribution in [-0.4, -0.2) is 41.3 Å². The summed E-state index contributed by atoms with van der Waals surface area (Å²) in [6, 6.07) is 10.6. The van der Waals surface area contributed by atoms with E-state index in [0.29, 0.717) is 5.92 Å². The zero-order valence-corrected chi connectivity index (χ0v) is 17.3. The van der Waals surface area contributed by atoms with Crippen molar-refractivity contribution in [2.45, 2.75) is 26.9 Å². The van der Waals surface area contributed by atoms with Crippen LogP contribution in [0.2, 0.25) is 0 Å². The highest BCUT2D eigenvalue weighted by molar-refractivity contribution is 14.0. The molecule has 1 atom stereocenters. The van der Waals surface area contributed by atoms with E-state index < -0.39 is 0 Å². The van der Waals surface area contributed by atoms with Gasteiger partial charge in [-0.3, -0.25) is 9.67 Å². The van der Waals surface area contributed by atoms with Crippen LogP contribution < -0.4 is 5.32 Å². The summed E-state index contributed by atoms with van der Waals surface area (Å²) in [6.45, 7) is 6.92. The molecule has 1 aromatic heterocycles. The summed E-state index contributed by atoms with van der Waals surface area (Å²) in [7, 11) is 3.89. The predicted molar refractivity (Wildman–Crippen MR) is 111 cm³/mol. The molecule has 6 heteroatoms. The van der Waals surface area contributed by atoms with E-state index in [1.807, 2.05) is 30.2 Å². The van der Waals surface area contributed by atoms with Gasteiger partial charge in [-0.05, 0) is 24.5 Å². The van der Waals surface area contributed by atoms with Crippen molar-refractivity contribution in [3.8, 4) is 0 Å². The fraction of sp³-hybridized carbons (Fsp3) is 0.444. The standard InChI is InChI=1S/C18H27N5.HI/c1-15-6-8-17(9-7-15)14-22(4)18(19-3)20-12-16(2)13-23-11-5-10-21-23;/h5-11,16H,12-14H2,1-4H3,(H,19,20);1H. The van der Waals surface area contributed by atoms with Gasteiger partial charge in [-0.1, -0.05) is 36.8 Å². The van der Waals surface area contributed by atoms with Crippen LogP contribution in [0.15, 0.2) is 47.7 Å². The molecule has 0 aliphatic carbocycles. The largest absolute Gasteiger partial charge is 0.356 e. The van der Waals surface area contributed by atoms with Crippen molar-refractivity contribution in [2.75, 3.05) is 20.6 Å². The molecule has 0 radical (unpaired) electrons. The molecule has 0 saturated carbocycles. The number of hydrogen-bond donors (Lipinski definition) is 1. The maximum atomic E-state index is 4.38. The molecule has 0 aliphatic heterocycles. The number of nitrogens with zero attached hydrogens (tertiary/aromatic N) is 4. The molecule has 1 N–H and O–H groups in total. The molecular formula is C18H28IN5. The molecule has 0 fully saturated rings. The molecule has 2 rings (SSSR count). The number of aliphatic imine (C=N–C) groups is 1. The number of benzene rings is 1. The van der Waals surface area contributed by atoms with E-state index in [4.69, 9.17) is 0 Å². The molecule has 132 valence electrons. The zero-order valence-electron chi connectivity index (χ0n) is 14.9. The highest BCUT2D eigenvalue weighted by Gasteiger charge is 2.09. The molecule has 5 nitrogen and oxygen atoms in total. The number of aryl methyl sites for hydroxylation is 1. The Hall–Kier alpha value is -1.57. The third-order valence-electron chi connectivity index (χ3n) is 3.78. The van der Waals surface area contributed by atoms with Crippen molar-refractivity contribution in [1.29, 1.82) is 0 Å². The van der Waals surface area contributed by atoms with Gasteiger partial charge in [0.1, 0.15) is 0 Å². The lowest BCUT2D eigenvalue weighted by atomic mass is 10.1. The number of halogens is 1. The summed E-state index contributed by atoms with van der Waals surface area (Å²) in [5, 5.41) is 7.70. The molecule has 0 aliphatic rings. The number of nitrogens with one attached hydrogen (secondary N) is 1. The van der Waals surface area contributed by atoms with E-state index in [-0.39, 0.29) is 24.0 Å². The SMILES string of the molecule is CN=C(NCC(C)Cn1cccn1)N(C)Cc1ccc(C)cc1.I. The molecule has 1 aromatic carbocycles. The van der Waals surface area contributed by atoms with Crippen LogP contribution in [0, 0.1) is 12.8 Å². The first kappa shape index (κ1) is 20.5. The van der Waals surface area contributed by atoms with Gasteiger partial charge in [0, 0.05) is 46.1 Å². The topological polar surface area (TPSA) is 45.5 Å². The van der Waals surface area contributed by atoms with Crippen LogP contribution in [0.5, 0.6) is 0 Å². The number of rotatable bonds is 6. The average molecular weight is 441 g/mol. The Balaban J connectivity index is 0.00000288. The van der Waals surface area contributed by atoms with Crippen LogP contribution in [-0.2, 0) is 13.1 Å². The predicted octanol–water partition coefficient (Wildman–Crippen LogP) is 3.15. The Bertz CT molecular complexity index is 607. The van der Waals surface area contributed by atoms with Crippen LogP contribution in [0.3, 0.4) is 0 Å². The van der Waals surface area contributed by atoms with E-state index in [2.05, 4.69) is 65.5 Å². The average Bonchev–Trinajstić information content (AvgIpc) is 3.03. The minimum Gasteiger partial charge on any atom is -0.356 e. The molecular weight excluding hydrogens is 413 g/mol. The zero-order chi connectivity index (χ0) is 16.7. The van der Waals surface area contributed by atoms with Gasteiger partial charge in [-0.25, -0.2) is 0 Å². The maximum absolute atomic E-state index is 4.38. The third kappa shape index (κ3) is 6.51. The van der Waals surface area contributed by atoms with Gasteiger partial charge in [-0.15, -0.1) is 24.0 Å². The van der Waals surface area contributed by atoms with Gasteiger partial charge in [0.05, 0.1) is 0 Å². The number of aromatic nitrogens is 2. The fourth-order valence-corrected chi connectivity index (χ4v) is 2.48. The summed E-state index contributed by atoms with van der Waals surface area (Å²) in [5.74, 6) is 1.39. The molecule has 24 heavy (non-hydrogen) atoms. The molecule has 0 amide bonds. The van der Waals surface area contributed by atoms with E-state index >= 15 is 0 Å². The summed E-state index contributed by atoms with van der Waals surface area (Å²) >= 11 is 0. The molecule has 1 unspecified atom stereocenters. The summed E-state index contributed by atoms with van der Waals surface area (Å²) < 4.78 is 1.96. The van der Waals surface area contributed by atoms with Crippen LogP contribution in [0.1, 0.15) is 18.1 Å². The van der Waals surface area contributed by atoms with Crippen molar-refractivity contribution in [3.05, 3.63) is 53.9 Å². The Morgan fingerprint density at radius 3 is 2.62 bits per heavy atom. The monoisotopic (exact) mass is 441 g/mol. The first-order valence-corrected chi connectivity index (χ1v) is 8.03. The van der Waals surface area contributed by atoms with Gasteiger partial charge in [0.2, 0.25) is 0 Å². The van der Waals surface area contributed by atoms with E-state index in [1.165, 1.54) is 11.1 Å².